The van der Waals surface area contributed by atoms with Crippen molar-refractivity contribution < 1.29 is 4.43 Å². The van der Waals surface area contributed by atoms with Crippen molar-refractivity contribution in [2.24, 2.45) is 0 Å². The van der Waals surface area contributed by atoms with Gasteiger partial charge in [-0.1, -0.05) is 51.1 Å². The van der Waals surface area contributed by atoms with Crippen LogP contribution in [0.1, 0.15) is 57.4 Å². The second-order valence-electron chi connectivity index (χ2n) is 11.2. The number of hydrogen-bond donors (Lipinski definition) is 0. The molecule has 1 saturated heterocycles. The van der Waals surface area contributed by atoms with Gasteiger partial charge in [-0.05, 0) is 67.4 Å². The average molecular weight is 476 g/mol. The lowest BCUT2D eigenvalue weighted by Crippen LogP contribution is -2.57. The molecule has 0 aliphatic carbocycles. The van der Waals surface area contributed by atoms with Crippen LogP contribution in [0.5, 0.6) is 5.75 Å². The first kappa shape index (κ1) is 26.2. The van der Waals surface area contributed by atoms with E-state index < -0.39 is 8.32 Å². The van der Waals surface area contributed by atoms with Crippen molar-refractivity contribution in [1.82, 2.24) is 9.80 Å². The molecule has 0 amide bonds. The summed E-state index contributed by atoms with van der Waals surface area (Å²) >= 11 is 0. The van der Waals surface area contributed by atoms with Crippen LogP contribution in [-0.2, 0) is 0 Å². The Morgan fingerprint density at radius 1 is 1.09 bits per heavy atom. The monoisotopic (exact) mass is 475 g/mol. The van der Waals surface area contributed by atoms with Crippen LogP contribution in [-0.4, -0.2) is 49.8 Å². The van der Waals surface area contributed by atoms with Gasteiger partial charge in [0.2, 0.25) is 8.32 Å². The quantitative estimate of drug-likeness (QED) is 0.333. The molecule has 34 heavy (non-hydrogen) atoms. The molecule has 2 aromatic carbocycles. The molecule has 182 valence electrons. The van der Waals surface area contributed by atoms with E-state index in [1.54, 1.807) is 0 Å². The zero-order chi connectivity index (χ0) is 25.1. The van der Waals surface area contributed by atoms with E-state index in [-0.39, 0.29) is 11.1 Å². The summed E-state index contributed by atoms with van der Waals surface area (Å²) in [6.07, 6.45) is 2.00. The van der Waals surface area contributed by atoms with Crippen LogP contribution in [0, 0.1) is 11.3 Å². The molecule has 2 aromatic rings. The number of benzene rings is 2. The minimum absolute atomic E-state index is 0.0963. The summed E-state index contributed by atoms with van der Waals surface area (Å²) < 4.78 is 6.67. The van der Waals surface area contributed by atoms with Crippen molar-refractivity contribution in [3.63, 3.8) is 0 Å². The molecule has 4 nitrogen and oxygen atoms in total. The van der Waals surface area contributed by atoms with E-state index >= 15 is 0 Å². The fourth-order valence-electron chi connectivity index (χ4n) is 4.52. The van der Waals surface area contributed by atoms with Gasteiger partial charge in [0.15, 0.2) is 0 Å². The van der Waals surface area contributed by atoms with Crippen molar-refractivity contribution in [3.8, 4) is 11.8 Å². The fraction of sp³-hybridized carbons (Fsp3) is 0.483. The van der Waals surface area contributed by atoms with Gasteiger partial charge in [-0.3, -0.25) is 9.80 Å². The van der Waals surface area contributed by atoms with Gasteiger partial charge < -0.3 is 4.43 Å². The van der Waals surface area contributed by atoms with Gasteiger partial charge in [0.1, 0.15) is 5.75 Å². The predicted octanol–water partition coefficient (Wildman–Crippen LogP) is 6.61. The third-order valence-electron chi connectivity index (χ3n) is 7.57. The van der Waals surface area contributed by atoms with Gasteiger partial charge in [-0.15, -0.1) is 6.58 Å². The first-order chi connectivity index (χ1) is 16.0. The van der Waals surface area contributed by atoms with E-state index in [2.05, 4.69) is 107 Å². The maximum Gasteiger partial charge on any atom is 0.250 e. The summed E-state index contributed by atoms with van der Waals surface area (Å²) in [5, 5.41) is 9.45. The molecule has 5 heteroatoms. The minimum Gasteiger partial charge on any atom is -0.543 e. The smallest absolute Gasteiger partial charge is 0.250 e. The van der Waals surface area contributed by atoms with Crippen LogP contribution in [0.25, 0.3) is 0 Å². The second-order valence-corrected chi connectivity index (χ2v) is 15.9. The van der Waals surface area contributed by atoms with Gasteiger partial charge in [-0.25, -0.2) is 0 Å². The molecule has 0 radical (unpaired) electrons. The molecule has 0 saturated carbocycles. The zero-order valence-corrected chi connectivity index (χ0v) is 23.0. The van der Waals surface area contributed by atoms with Crippen molar-refractivity contribution in [1.29, 1.82) is 5.26 Å². The summed E-state index contributed by atoms with van der Waals surface area (Å²) in [5.41, 5.74) is 3.13. The van der Waals surface area contributed by atoms with Crippen LogP contribution < -0.4 is 4.43 Å². The van der Waals surface area contributed by atoms with Gasteiger partial charge >= 0.3 is 0 Å². The molecule has 0 spiro atoms. The highest BCUT2D eigenvalue weighted by atomic mass is 28.4. The van der Waals surface area contributed by atoms with Gasteiger partial charge in [0, 0.05) is 31.7 Å². The van der Waals surface area contributed by atoms with E-state index in [4.69, 9.17) is 4.43 Å². The molecule has 1 aliphatic rings. The number of hydrogen-bond acceptors (Lipinski definition) is 4. The Morgan fingerprint density at radius 3 is 2.35 bits per heavy atom. The molecular weight excluding hydrogens is 434 g/mol. The van der Waals surface area contributed by atoms with E-state index in [0.717, 1.165) is 25.4 Å². The third kappa shape index (κ3) is 5.80. The Bertz CT molecular complexity index is 1020. The number of rotatable bonds is 7. The predicted molar refractivity (Wildman–Crippen MR) is 145 cm³/mol. The second kappa shape index (κ2) is 10.5. The molecule has 1 heterocycles. The highest BCUT2D eigenvalue weighted by Crippen LogP contribution is 2.39. The Labute approximate surface area is 208 Å². The highest BCUT2D eigenvalue weighted by molar-refractivity contribution is 6.74. The van der Waals surface area contributed by atoms with Crippen LogP contribution >= 0.6 is 0 Å². The molecule has 0 aromatic heterocycles. The average Bonchev–Trinajstić information content (AvgIpc) is 2.77. The Kier molecular flexibility index (Phi) is 8.08. The number of nitriles is 1. The summed E-state index contributed by atoms with van der Waals surface area (Å²) in [5.74, 6) is 0.953. The summed E-state index contributed by atoms with van der Waals surface area (Å²) in [7, 11) is -1.94. The highest BCUT2D eigenvalue weighted by Gasteiger charge is 2.39. The van der Waals surface area contributed by atoms with Crippen LogP contribution in [0.2, 0.25) is 18.1 Å². The molecule has 1 aliphatic heterocycles. The Balaban J connectivity index is 2.01. The van der Waals surface area contributed by atoms with Crippen LogP contribution in [0.4, 0.5) is 0 Å². The van der Waals surface area contributed by atoms with Gasteiger partial charge in [0.25, 0.3) is 0 Å². The topological polar surface area (TPSA) is 39.5 Å². The summed E-state index contributed by atoms with van der Waals surface area (Å²) in [6.45, 7) is 22.8. The Morgan fingerprint density at radius 2 is 1.76 bits per heavy atom. The van der Waals surface area contributed by atoms with Gasteiger partial charge in [-0.2, -0.15) is 5.26 Å². The van der Waals surface area contributed by atoms with E-state index in [1.807, 2.05) is 18.2 Å². The lowest BCUT2D eigenvalue weighted by atomic mass is 9.93. The zero-order valence-electron chi connectivity index (χ0n) is 22.0. The van der Waals surface area contributed by atoms with Crippen LogP contribution in [0.15, 0.2) is 61.2 Å². The first-order valence-corrected chi connectivity index (χ1v) is 15.3. The normalized spacial score (nSPS) is 21.0. The van der Waals surface area contributed by atoms with Crippen molar-refractivity contribution in [2.75, 3.05) is 19.6 Å². The molecular formula is C29H41N3OSi. The van der Waals surface area contributed by atoms with E-state index in [1.165, 1.54) is 11.1 Å². The standard InChI is InChI=1S/C29H41N3OSi/c1-9-17-31-20-23(3)32(21-22(31)2)28(25-15-13-24(19-30)14-16-25)26-11-10-12-27(18-26)33-34(7,8)29(4,5)6/h9-16,18,22-23,28H,1,17,20-21H2,2-8H3/t22-,23-,28?/m1/s1. The Hall–Kier alpha value is -2.39. The molecule has 0 N–H and O–H groups in total. The van der Waals surface area contributed by atoms with Crippen LogP contribution in [0.3, 0.4) is 0 Å². The first-order valence-electron chi connectivity index (χ1n) is 12.4. The lowest BCUT2D eigenvalue weighted by Gasteiger charge is -2.47. The van der Waals surface area contributed by atoms with Crippen molar-refractivity contribution in [2.45, 2.75) is 70.9 Å². The maximum atomic E-state index is 9.31. The SMILES string of the molecule is C=CCN1C[C@@H](C)N(C(c2ccc(C#N)cc2)c2cccc(O[Si](C)(C)C(C)(C)C)c2)C[C@H]1C. The number of piperazine rings is 1. The minimum atomic E-state index is -1.94. The summed E-state index contributed by atoms with van der Waals surface area (Å²) in [4.78, 5) is 5.11. The summed E-state index contributed by atoms with van der Waals surface area (Å²) in [6, 6.07) is 19.9. The fourth-order valence-corrected chi connectivity index (χ4v) is 5.54. The van der Waals surface area contributed by atoms with Crippen molar-refractivity contribution >= 4 is 8.32 Å². The van der Waals surface area contributed by atoms with E-state index in [0.29, 0.717) is 17.6 Å². The lowest BCUT2D eigenvalue weighted by molar-refractivity contribution is 0.0306. The van der Waals surface area contributed by atoms with Gasteiger partial charge in [0.05, 0.1) is 17.7 Å². The molecule has 1 fully saturated rings. The maximum absolute atomic E-state index is 9.31. The van der Waals surface area contributed by atoms with E-state index in [9.17, 15) is 5.26 Å². The number of nitrogens with zero attached hydrogens (tertiary/aromatic N) is 3. The van der Waals surface area contributed by atoms with Crippen molar-refractivity contribution in [3.05, 3.63) is 77.9 Å². The molecule has 3 rings (SSSR count). The molecule has 1 unspecified atom stereocenters. The largest absolute Gasteiger partial charge is 0.543 e. The molecule has 0 bridgehead atoms. The third-order valence-corrected chi connectivity index (χ3v) is 11.9. The molecule has 3 atom stereocenters.